The zero-order chi connectivity index (χ0) is 17.2. The molecule has 0 spiro atoms. The second-order valence-corrected chi connectivity index (χ2v) is 6.74. The SMILES string of the molecule is Cc1cc(C2=CCN(C(=O)OC(C)(C)C)CC2)ccc1C(=O)O. The number of carboxylic acid groups (broad SMARTS) is 1. The topological polar surface area (TPSA) is 66.8 Å². The third-order valence-electron chi connectivity index (χ3n) is 3.69. The van der Waals surface area contributed by atoms with E-state index < -0.39 is 11.6 Å². The van der Waals surface area contributed by atoms with Crippen LogP contribution in [0.3, 0.4) is 0 Å². The van der Waals surface area contributed by atoms with Gasteiger partial charge >= 0.3 is 12.1 Å². The molecule has 0 saturated carbocycles. The molecule has 0 saturated heterocycles. The molecule has 0 radical (unpaired) electrons. The second kappa shape index (κ2) is 6.44. The molecule has 5 heteroatoms. The van der Waals surface area contributed by atoms with Gasteiger partial charge in [-0.1, -0.05) is 18.2 Å². The monoisotopic (exact) mass is 317 g/mol. The minimum Gasteiger partial charge on any atom is -0.478 e. The molecule has 1 aliphatic rings. The summed E-state index contributed by atoms with van der Waals surface area (Å²) in [5.74, 6) is -0.914. The lowest BCUT2D eigenvalue weighted by molar-refractivity contribution is 0.0270. The van der Waals surface area contributed by atoms with Gasteiger partial charge in [-0.2, -0.15) is 0 Å². The Bertz CT molecular complexity index is 655. The predicted molar refractivity (Wildman–Crippen MR) is 88.5 cm³/mol. The van der Waals surface area contributed by atoms with Crippen LogP contribution in [0, 0.1) is 6.92 Å². The molecule has 0 aromatic heterocycles. The van der Waals surface area contributed by atoms with Crippen molar-refractivity contribution in [3.8, 4) is 0 Å². The van der Waals surface area contributed by atoms with E-state index >= 15 is 0 Å². The number of aromatic carboxylic acids is 1. The molecule has 1 amide bonds. The predicted octanol–water partition coefficient (Wildman–Crippen LogP) is 3.72. The van der Waals surface area contributed by atoms with Crippen LogP contribution in [0.25, 0.3) is 5.57 Å². The number of rotatable bonds is 2. The molecule has 0 fully saturated rings. The van der Waals surface area contributed by atoms with Crippen LogP contribution in [0.2, 0.25) is 0 Å². The van der Waals surface area contributed by atoms with Crippen molar-refractivity contribution < 1.29 is 19.4 Å². The normalized spacial score (nSPS) is 15.1. The Kier molecular flexibility index (Phi) is 4.78. The Labute approximate surface area is 136 Å². The van der Waals surface area contributed by atoms with E-state index in [-0.39, 0.29) is 6.09 Å². The van der Waals surface area contributed by atoms with Gasteiger partial charge in [-0.25, -0.2) is 9.59 Å². The van der Waals surface area contributed by atoms with Gasteiger partial charge in [-0.05, 0) is 56.9 Å². The molecule has 1 aliphatic heterocycles. The fraction of sp³-hybridized carbons (Fsp3) is 0.444. The molecule has 0 aliphatic carbocycles. The molecule has 0 atom stereocenters. The summed E-state index contributed by atoms with van der Waals surface area (Å²) in [5.41, 5.74) is 2.71. The van der Waals surface area contributed by atoms with Crippen LogP contribution in [0.1, 0.15) is 48.7 Å². The van der Waals surface area contributed by atoms with E-state index in [9.17, 15) is 9.59 Å². The minimum atomic E-state index is -0.914. The molecule has 1 N–H and O–H groups in total. The van der Waals surface area contributed by atoms with Crippen molar-refractivity contribution in [2.75, 3.05) is 13.1 Å². The van der Waals surface area contributed by atoms with Crippen LogP contribution in [-0.2, 0) is 4.74 Å². The Morgan fingerprint density at radius 1 is 1.26 bits per heavy atom. The Morgan fingerprint density at radius 2 is 1.96 bits per heavy atom. The van der Waals surface area contributed by atoms with Crippen LogP contribution in [0.15, 0.2) is 24.3 Å². The zero-order valence-electron chi connectivity index (χ0n) is 14.0. The maximum atomic E-state index is 12.0. The summed E-state index contributed by atoms with van der Waals surface area (Å²) in [7, 11) is 0. The molecular formula is C18H23NO4. The number of hydrogen-bond acceptors (Lipinski definition) is 3. The average molecular weight is 317 g/mol. The van der Waals surface area contributed by atoms with Crippen LogP contribution in [0.4, 0.5) is 4.79 Å². The highest BCUT2D eigenvalue weighted by molar-refractivity contribution is 5.90. The summed E-state index contributed by atoms with van der Waals surface area (Å²) in [6.07, 6.45) is 2.43. The molecule has 5 nitrogen and oxygen atoms in total. The number of benzene rings is 1. The lowest BCUT2D eigenvalue weighted by Crippen LogP contribution is -2.39. The van der Waals surface area contributed by atoms with Gasteiger partial charge in [-0.3, -0.25) is 0 Å². The van der Waals surface area contributed by atoms with Crippen molar-refractivity contribution in [3.63, 3.8) is 0 Å². The number of carbonyl (C=O) groups is 2. The molecule has 1 heterocycles. The molecular weight excluding hydrogens is 294 g/mol. The molecule has 1 aromatic rings. The van der Waals surface area contributed by atoms with E-state index in [0.29, 0.717) is 18.7 Å². The van der Waals surface area contributed by atoms with E-state index in [1.807, 2.05) is 39.0 Å². The van der Waals surface area contributed by atoms with E-state index in [4.69, 9.17) is 9.84 Å². The first-order valence-electron chi connectivity index (χ1n) is 7.68. The zero-order valence-corrected chi connectivity index (χ0v) is 14.0. The van der Waals surface area contributed by atoms with E-state index in [2.05, 4.69) is 0 Å². The number of carboxylic acids is 1. The van der Waals surface area contributed by atoms with E-state index in [0.717, 1.165) is 23.1 Å². The van der Waals surface area contributed by atoms with Gasteiger partial charge in [0, 0.05) is 13.1 Å². The molecule has 2 rings (SSSR count). The third kappa shape index (κ3) is 4.34. The van der Waals surface area contributed by atoms with E-state index in [1.165, 1.54) is 0 Å². The van der Waals surface area contributed by atoms with Gasteiger partial charge in [0.1, 0.15) is 5.60 Å². The van der Waals surface area contributed by atoms with Crippen LogP contribution in [-0.4, -0.2) is 40.8 Å². The molecule has 124 valence electrons. The van der Waals surface area contributed by atoms with Gasteiger partial charge in [0.25, 0.3) is 0 Å². The van der Waals surface area contributed by atoms with Crippen molar-refractivity contribution >= 4 is 17.6 Å². The fourth-order valence-corrected chi connectivity index (χ4v) is 2.53. The number of amides is 1. The summed E-state index contributed by atoms with van der Waals surface area (Å²) in [5, 5.41) is 9.08. The standard InChI is InChI=1S/C18H23NO4/c1-12-11-14(5-6-15(12)16(20)21)13-7-9-19(10-8-13)17(22)23-18(2,3)4/h5-7,11H,8-10H2,1-4H3,(H,20,21). The van der Waals surface area contributed by atoms with Crippen LogP contribution < -0.4 is 0 Å². The number of aryl methyl sites for hydroxylation is 1. The van der Waals surface area contributed by atoms with Gasteiger partial charge in [0.2, 0.25) is 0 Å². The van der Waals surface area contributed by atoms with E-state index in [1.54, 1.807) is 17.9 Å². The second-order valence-electron chi connectivity index (χ2n) is 6.74. The highest BCUT2D eigenvalue weighted by Gasteiger charge is 2.24. The summed E-state index contributed by atoms with van der Waals surface area (Å²) in [4.78, 5) is 24.8. The Morgan fingerprint density at radius 3 is 2.43 bits per heavy atom. The lowest BCUT2D eigenvalue weighted by atomic mass is 9.96. The molecule has 0 bridgehead atoms. The first-order valence-corrected chi connectivity index (χ1v) is 7.68. The summed E-state index contributed by atoms with van der Waals surface area (Å²) >= 11 is 0. The van der Waals surface area contributed by atoms with Gasteiger partial charge in [0.15, 0.2) is 0 Å². The number of nitrogens with zero attached hydrogens (tertiary/aromatic N) is 1. The van der Waals surface area contributed by atoms with Crippen molar-refractivity contribution in [2.45, 2.75) is 39.7 Å². The highest BCUT2D eigenvalue weighted by atomic mass is 16.6. The van der Waals surface area contributed by atoms with Crippen molar-refractivity contribution in [2.24, 2.45) is 0 Å². The maximum Gasteiger partial charge on any atom is 0.410 e. The molecule has 0 unspecified atom stereocenters. The van der Waals surface area contributed by atoms with Gasteiger partial charge in [0.05, 0.1) is 5.56 Å². The average Bonchev–Trinajstić information content (AvgIpc) is 2.45. The van der Waals surface area contributed by atoms with Gasteiger partial charge in [-0.15, -0.1) is 0 Å². The first-order chi connectivity index (χ1) is 10.7. The Hall–Kier alpha value is -2.30. The van der Waals surface area contributed by atoms with Crippen LogP contribution >= 0.6 is 0 Å². The molecule has 23 heavy (non-hydrogen) atoms. The number of ether oxygens (including phenoxy) is 1. The first kappa shape index (κ1) is 17.1. The lowest BCUT2D eigenvalue weighted by Gasteiger charge is -2.29. The number of carbonyl (C=O) groups excluding carboxylic acids is 1. The van der Waals surface area contributed by atoms with Crippen molar-refractivity contribution in [1.29, 1.82) is 0 Å². The summed E-state index contributed by atoms with van der Waals surface area (Å²) in [6, 6.07) is 5.35. The van der Waals surface area contributed by atoms with Crippen LogP contribution in [0.5, 0.6) is 0 Å². The molecule has 1 aromatic carbocycles. The minimum absolute atomic E-state index is 0.301. The highest BCUT2D eigenvalue weighted by Crippen LogP contribution is 2.25. The van der Waals surface area contributed by atoms with Crippen molar-refractivity contribution in [1.82, 2.24) is 4.90 Å². The quantitative estimate of drug-likeness (QED) is 0.903. The Balaban J connectivity index is 2.09. The smallest absolute Gasteiger partial charge is 0.410 e. The third-order valence-corrected chi connectivity index (χ3v) is 3.69. The maximum absolute atomic E-state index is 12.0. The summed E-state index contributed by atoms with van der Waals surface area (Å²) in [6.45, 7) is 8.45. The summed E-state index contributed by atoms with van der Waals surface area (Å²) < 4.78 is 5.37. The largest absolute Gasteiger partial charge is 0.478 e. The van der Waals surface area contributed by atoms with Gasteiger partial charge < -0.3 is 14.7 Å². The fourth-order valence-electron chi connectivity index (χ4n) is 2.53. The van der Waals surface area contributed by atoms with Crippen molar-refractivity contribution in [3.05, 3.63) is 41.0 Å². The number of hydrogen-bond donors (Lipinski definition) is 1.